The number of aryl methyl sites for hydroxylation is 2. The number of amides is 1. The summed E-state index contributed by atoms with van der Waals surface area (Å²) in [5.74, 6) is 6.30. The van der Waals surface area contributed by atoms with Crippen LogP contribution in [0.25, 0.3) is 0 Å². The van der Waals surface area contributed by atoms with Crippen molar-refractivity contribution in [3.05, 3.63) is 40.3 Å². The number of carbonyl (C=O) groups is 1. The predicted molar refractivity (Wildman–Crippen MR) is 90.1 cm³/mol. The summed E-state index contributed by atoms with van der Waals surface area (Å²) in [6, 6.07) is 3.69. The van der Waals surface area contributed by atoms with Crippen LogP contribution in [0.15, 0.2) is 18.3 Å². The number of anilines is 2. The fourth-order valence-electron chi connectivity index (χ4n) is 2.20. The van der Waals surface area contributed by atoms with Crippen LogP contribution in [-0.2, 0) is 0 Å². The van der Waals surface area contributed by atoms with Gasteiger partial charge in [0.25, 0.3) is 5.91 Å². The third-order valence-corrected chi connectivity index (χ3v) is 3.48. The SMILES string of the molecule is COc1cc(C)c(NC(=O)c2cnc(Cl)nc2N(C)N)c(C)c1. The van der Waals surface area contributed by atoms with Crippen LogP contribution in [0.3, 0.4) is 0 Å². The zero-order valence-corrected chi connectivity index (χ0v) is 14.1. The smallest absolute Gasteiger partial charge is 0.261 e. The van der Waals surface area contributed by atoms with Crippen LogP contribution >= 0.6 is 11.6 Å². The molecule has 23 heavy (non-hydrogen) atoms. The van der Waals surface area contributed by atoms with Crippen LogP contribution in [0, 0.1) is 13.8 Å². The van der Waals surface area contributed by atoms with Gasteiger partial charge in [0.1, 0.15) is 11.3 Å². The Labute approximate surface area is 139 Å². The van der Waals surface area contributed by atoms with Crippen molar-refractivity contribution < 1.29 is 9.53 Å². The molecule has 1 aromatic heterocycles. The van der Waals surface area contributed by atoms with Crippen molar-refractivity contribution in [1.29, 1.82) is 0 Å². The maximum absolute atomic E-state index is 12.6. The van der Waals surface area contributed by atoms with Crippen molar-refractivity contribution in [2.45, 2.75) is 13.8 Å². The minimum Gasteiger partial charge on any atom is -0.497 e. The van der Waals surface area contributed by atoms with Gasteiger partial charge in [0.15, 0.2) is 5.82 Å². The van der Waals surface area contributed by atoms with Gasteiger partial charge < -0.3 is 10.1 Å². The van der Waals surface area contributed by atoms with Gasteiger partial charge in [-0.05, 0) is 48.7 Å². The molecule has 0 atom stereocenters. The second-order valence-electron chi connectivity index (χ2n) is 5.08. The van der Waals surface area contributed by atoms with E-state index in [0.717, 1.165) is 16.9 Å². The number of nitrogens with zero attached hydrogens (tertiary/aromatic N) is 3. The van der Waals surface area contributed by atoms with Gasteiger partial charge in [-0.15, -0.1) is 0 Å². The number of carbonyl (C=O) groups excluding carboxylic acids is 1. The fourth-order valence-corrected chi connectivity index (χ4v) is 2.33. The normalized spacial score (nSPS) is 10.3. The van der Waals surface area contributed by atoms with Crippen molar-refractivity contribution in [2.24, 2.45) is 5.84 Å². The molecule has 0 aliphatic heterocycles. The largest absolute Gasteiger partial charge is 0.497 e. The van der Waals surface area contributed by atoms with E-state index in [9.17, 15) is 4.79 Å². The second-order valence-corrected chi connectivity index (χ2v) is 5.42. The molecule has 0 aliphatic carbocycles. The molecule has 7 nitrogen and oxygen atoms in total. The molecule has 0 aliphatic rings. The van der Waals surface area contributed by atoms with Gasteiger partial charge in [0, 0.05) is 18.9 Å². The average Bonchev–Trinajstić information content (AvgIpc) is 2.50. The lowest BCUT2D eigenvalue weighted by Gasteiger charge is -2.17. The number of ether oxygens (including phenoxy) is 1. The van der Waals surface area contributed by atoms with E-state index in [1.807, 2.05) is 26.0 Å². The van der Waals surface area contributed by atoms with Crippen LogP contribution in [0.2, 0.25) is 5.28 Å². The second kappa shape index (κ2) is 6.80. The summed E-state index contributed by atoms with van der Waals surface area (Å²) in [7, 11) is 3.17. The average molecular weight is 336 g/mol. The molecule has 0 spiro atoms. The highest BCUT2D eigenvalue weighted by Crippen LogP contribution is 2.27. The maximum atomic E-state index is 12.6. The van der Waals surface area contributed by atoms with Crippen LogP contribution in [0.4, 0.5) is 11.5 Å². The predicted octanol–water partition coefficient (Wildman–Crippen LogP) is 2.32. The molecule has 2 aromatic rings. The number of nitrogens with one attached hydrogen (secondary N) is 1. The molecule has 0 saturated carbocycles. The number of methoxy groups -OCH3 is 1. The van der Waals surface area contributed by atoms with Gasteiger partial charge in [-0.3, -0.25) is 9.80 Å². The Morgan fingerprint density at radius 2 is 1.96 bits per heavy atom. The molecule has 1 aromatic carbocycles. The number of aromatic nitrogens is 2. The molecule has 0 saturated heterocycles. The Bertz CT molecular complexity index is 726. The number of halogens is 1. The van der Waals surface area contributed by atoms with Gasteiger partial charge in [-0.1, -0.05) is 0 Å². The van der Waals surface area contributed by atoms with E-state index in [-0.39, 0.29) is 22.6 Å². The summed E-state index contributed by atoms with van der Waals surface area (Å²) in [6.07, 6.45) is 1.34. The number of hydrazine groups is 1. The zero-order chi connectivity index (χ0) is 17.1. The summed E-state index contributed by atoms with van der Waals surface area (Å²) in [5, 5.41) is 4.10. The van der Waals surface area contributed by atoms with Gasteiger partial charge in [-0.2, -0.15) is 4.98 Å². The number of benzene rings is 1. The van der Waals surface area contributed by atoms with E-state index >= 15 is 0 Å². The Morgan fingerprint density at radius 3 is 2.48 bits per heavy atom. The lowest BCUT2D eigenvalue weighted by atomic mass is 10.1. The van der Waals surface area contributed by atoms with Crippen LogP contribution < -0.4 is 20.9 Å². The first-order valence-electron chi connectivity index (χ1n) is 6.81. The topological polar surface area (TPSA) is 93.4 Å². The van der Waals surface area contributed by atoms with Crippen molar-refractivity contribution in [1.82, 2.24) is 9.97 Å². The van der Waals surface area contributed by atoms with E-state index in [0.29, 0.717) is 5.69 Å². The van der Waals surface area contributed by atoms with E-state index < -0.39 is 0 Å². The molecule has 0 radical (unpaired) electrons. The van der Waals surface area contributed by atoms with E-state index in [2.05, 4.69) is 15.3 Å². The van der Waals surface area contributed by atoms with Gasteiger partial charge in [0.05, 0.1) is 7.11 Å². The molecule has 1 amide bonds. The molecule has 0 fully saturated rings. The Hall–Kier alpha value is -2.38. The Balaban J connectivity index is 2.37. The Kier molecular flexibility index (Phi) is 5.02. The highest BCUT2D eigenvalue weighted by molar-refractivity contribution is 6.28. The first-order chi connectivity index (χ1) is 10.8. The lowest BCUT2D eigenvalue weighted by molar-refractivity contribution is 0.102. The monoisotopic (exact) mass is 335 g/mol. The first kappa shape index (κ1) is 17.0. The summed E-state index contributed by atoms with van der Waals surface area (Å²) in [4.78, 5) is 20.4. The van der Waals surface area contributed by atoms with Crippen molar-refractivity contribution in [3.8, 4) is 5.75 Å². The molecule has 3 N–H and O–H groups in total. The number of hydrogen-bond acceptors (Lipinski definition) is 6. The molecular weight excluding hydrogens is 318 g/mol. The summed E-state index contributed by atoms with van der Waals surface area (Å²) in [5.41, 5.74) is 2.70. The van der Waals surface area contributed by atoms with Crippen LogP contribution in [0.1, 0.15) is 21.5 Å². The zero-order valence-electron chi connectivity index (χ0n) is 13.3. The molecular formula is C15H18ClN5O2. The minimum atomic E-state index is -0.370. The number of hydrogen-bond donors (Lipinski definition) is 2. The van der Waals surface area contributed by atoms with Gasteiger partial charge >= 0.3 is 0 Å². The van der Waals surface area contributed by atoms with Gasteiger partial charge in [0.2, 0.25) is 5.28 Å². The minimum absolute atomic E-state index is 0.0191. The molecule has 2 rings (SSSR count). The third kappa shape index (κ3) is 3.69. The van der Waals surface area contributed by atoms with Crippen LogP contribution in [-0.4, -0.2) is 30.0 Å². The Morgan fingerprint density at radius 1 is 1.35 bits per heavy atom. The maximum Gasteiger partial charge on any atom is 0.261 e. The quantitative estimate of drug-likeness (QED) is 0.506. The standard InChI is InChI=1S/C15H18ClN5O2/c1-8-5-10(23-4)6-9(2)12(8)19-14(22)11-7-18-15(16)20-13(11)21(3)17/h5-7H,17H2,1-4H3,(H,19,22). The molecule has 8 heteroatoms. The summed E-state index contributed by atoms with van der Waals surface area (Å²) >= 11 is 5.76. The third-order valence-electron chi connectivity index (χ3n) is 3.30. The number of nitrogens with two attached hydrogens (primary N) is 1. The lowest BCUT2D eigenvalue weighted by Crippen LogP contribution is -2.29. The fraction of sp³-hybridized carbons (Fsp3) is 0.267. The van der Waals surface area contributed by atoms with Gasteiger partial charge in [-0.25, -0.2) is 10.8 Å². The van der Waals surface area contributed by atoms with Crippen molar-refractivity contribution >= 4 is 29.0 Å². The van der Waals surface area contributed by atoms with Crippen molar-refractivity contribution in [3.63, 3.8) is 0 Å². The molecule has 0 unspecified atom stereocenters. The first-order valence-corrected chi connectivity index (χ1v) is 7.18. The highest BCUT2D eigenvalue weighted by atomic mass is 35.5. The number of rotatable bonds is 4. The van der Waals surface area contributed by atoms with E-state index in [1.165, 1.54) is 11.2 Å². The molecule has 0 bridgehead atoms. The van der Waals surface area contributed by atoms with Crippen molar-refractivity contribution in [2.75, 3.05) is 24.5 Å². The molecule has 1 heterocycles. The highest BCUT2D eigenvalue weighted by Gasteiger charge is 2.18. The van der Waals surface area contributed by atoms with E-state index in [4.69, 9.17) is 22.2 Å². The molecule has 122 valence electrons. The summed E-state index contributed by atoms with van der Waals surface area (Å²) in [6.45, 7) is 3.78. The van der Waals surface area contributed by atoms with Crippen LogP contribution in [0.5, 0.6) is 5.75 Å². The summed E-state index contributed by atoms with van der Waals surface area (Å²) < 4.78 is 5.21. The van der Waals surface area contributed by atoms with E-state index in [1.54, 1.807) is 14.2 Å².